The molecule has 1 saturated carbocycles. The highest BCUT2D eigenvalue weighted by Crippen LogP contribution is 2.39. The minimum Gasteiger partial charge on any atom is -0.462 e. The summed E-state index contributed by atoms with van der Waals surface area (Å²) in [5.74, 6) is -0.643. The van der Waals surface area contributed by atoms with Gasteiger partial charge in [0.2, 0.25) is 5.91 Å². The highest BCUT2D eigenvalue weighted by atomic mass is 32.1. The maximum Gasteiger partial charge on any atom is 0.348 e. The molecule has 112 valence electrons. The van der Waals surface area contributed by atoms with Gasteiger partial charge in [-0.05, 0) is 38.3 Å². The minimum atomic E-state index is -0.915. The number of nitriles is 1. The van der Waals surface area contributed by atoms with Crippen LogP contribution in [0.25, 0.3) is 0 Å². The second-order valence-electron chi connectivity index (χ2n) is 5.20. The smallest absolute Gasteiger partial charge is 0.348 e. The first kappa shape index (κ1) is 15.5. The molecule has 1 aliphatic rings. The number of thiophene rings is 1. The van der Waals surface area contributed by atoms with Crippen LogP contribution in [-0.2, 0) is 9.53 Å². The molecule has 5 nitrogen and oxygen atoms in total. The lowest BCUT2D eigenvalue weighted by Crippen LogP contribution is -2.32. The van der Waals surface area contributed by atoms with E-state index in [4.69, 9.17) is 4.74 Å². The summed E-state index contributed by atoms with van der Waals surface area (Å²) in [6, 6.07) is 3.91. The number of nitrogens with zero attached hydrogens (tertiary/aromatic N) is 1. The van der Waals surface area contributed by atoms with E-state index in [1.165, 1.54) is 11.3 Å². The van der Waals surface area contributed by atoms with Crippen molar-refractivity contribution < 1.29 is 14.3 Å². The van der Waals surface area contributed by atoms with Crippen LogP contribution in [0.4, 0.5) is 5.00 Å². The van der Waals surface area contributed by atoms with Crippen molar-refractivity contribution in [3.63, 3.8) is 0 Å². The van der Waals surface area contributed by atoms with Gasteiger partial charge in [-0.25, -0.2) is 4.79 Å². The van der Waals surface area contributed by atoms with E-state index < -0.39 is 5.41 Å². The van der Waals surface area contributed by atoms with Crippen molar-refractivity contribution in [2.45, 2.75) is 39.5 Å². The third-order valence-electron chi connectivity index (χ3n) is 3.72. The van der Waals surface area contributed by atoms with Gasteiger partial charge in [-0.15, -0.1) is 11.3 Å². The van der Waals surface area contributed by atoms with Crippen molar-refractivity contribution in [1.29, 1.82) is 5.26 Å². The average molecular weight is 306 g/mol. The summed E-state index contributed by atoms with van der Waals surface area (Å²) in [6.07, 6.45) is 3.01. The summed E-state index contributed by atoms with van der Waals surface area (Å²) < 4.78 is 4.97. The lowest BCUT2D eigenvalue weighted by molar-refractivity contribution is -0.122. The number of aryl methyl sites for hydroxylation is 1. The van der Waals surface area contributed by atoms with Crippen LogP contribution in [0.15, 0.2) is 6.07 Å². The van der Waals surface area contributed by atoms with Crippen LogP contribution in [0.5, 0.6) is 0 Å². The molecule has 1 N–H and O–H groups in total. The van der Waals surface area contributed by atoms with Crippen LogP contribution < -0.4 is 5.32 Å². The standard InChI is InChI=1S/C15H18N2O3S/c1-3-20-13(18)12-10(2)8-11(21-12)17-14(19)15(9-16)6-4-5-7-15/h8H,3-7H2,1-2H3,(H,17,19). The van der Waals surface area contributed by atoms with Gasteiger partial charge in [-0.2, -0.15) is 5.26 Å². The predicted octanol–water partition coefficient (Wildman–Crippen LogP) is 3.26. The number of carbonyl (C=O) groups is 2. The van der Waals surface area contributed by atoms with Crippen LogP contribution in [0.3, 0.4) is 0 Å². The summed E-state index contributed by atoms with van der Waals surface area (Å²) in [5.41, 5.74) is -0.145. The summed E-state index contributed by atoms with van der Waals surface area (Å²) in [7, 11) is 0. The number of hydrogen-bond acceptors (Lipinski definition) is 5. The molecule has 0 aliphatic heterocycles. The number of carbonyl (C=O) groups excluding carboxylic acids is 2. The number of amides is 1. The Morgan fingerprint density at radius 2 is 2.14 bits per heavy atom. The fraction of sp³-hybridized carbons (Fsp3) is 0.533. The lowest BCUT2D eigenvalue weighted by Gasteiger charge is -2.18. The average Bonchev–Trinajstić information content (AvgIpc) is 3.06. The molecule has 1 fully saturated rings. The molecule has 0 bridgehead atoms. The van der Waals surface area contributed by atoms with Gasteiger partial charge in [0.05, 0.1) is 17.7 Å². The van der Waals surface area contributed by atoms with Gasteiger partial charge in [0.15, 0.2) is 0 Å². The third-order valence-corrected chi connectivity index (χ3v) is 4.85. The second-order valence-corrected chi connectivity index (χ2v) is 6.25. The molecule has 0 spiro atoms. The Kier molecular flexibility index (Phi) is 4.63. The van der Waals surface area contributed by atoms with Crippen molar-refractivity contribution in [3.05, 3.63) is 16.5 Å². The lowest BCUT2D eigenvalue weighted by atomic mass is 9.87. The fourth-order valence-electron chi connectivity index (χ4n) is 2.54. The number of rotatable bonds is 4. The maximum atomic E-state index is 12.3. The maximum absolute atomic E-state index is 12.3. The monoisotopic (exact) mass is 306 g/mol. The normalized spacial score (nSPS) is 16.2. The molecule has 6 heteroatoms. The van der Waals surface area contributed by atoms with E-state index in [2.05, 4.69) is 11.4 Å². The van der Waals surface area contributed by atoms with Gasteiger partial charge >= 0.3 is 5.97 Å². The van der Waals surface area contributed by atoms with Gasteiger partial charge < -0.3 is 10.1 Å². The molecule has 0 radical (unpaired) electrons. The molecular weight excluding hydrogens is 288 g/mol. The van der Waals surface area contributed by atoms with Crippen LogP contribution in [0.1, 0.15) is 47.8 Å². The first-order valence-electron chi connectivity index (χ1n) is 7.02. The van der Waals surface area contributed by atoms with E-state index >= 15 is 0 Å². The van der Waals surface area contributed by atoms with E-state index in [9.17, 15) is 14.9 Å². The van der Waals surface area contributed by atoms with E-state index in [0.717, 1.165) is 18.4 Å². The van der Waals surface area contributed by atoms with E-state index in [0.29, 0.717) is 29.3 Å². The zero-order valence-electron chi connectivity index (χ0n) is 12.2. The molecule has 1 aromatic heterocycles. The quantitative estimate of drug-likeness (QED) is 0.866. The van der Waals surface area contributed by atoms with Gasteiger partial charge in [0.25, 0.3) is 0 Å². The Hall–Kier alpha value is -1.87. The van der Waals surface area contributed by atoms with Gasteiger partial charge in [0, 0.05) is 0 Å². The molecular formula is C15H18N2O3S. The molecule has 21 heavy (non-hydrogen) atoms. The molecule has 0 atom stereocenters. The Morgan fingerprint density at radius 1 is 1.48 bits per heavy atom. The zero-order chi connectivity index (χ0) is 15.5. The van der Waals surface area contributed by atoms with Gasteiger partial charge in [-0.3, -0.25) is 4.79 Å². The first-order valence-corrected chi connectivity index (χ1v) is 7.84. The van der Waals surface area contributed by atoms with Crippen LogP contribution in [0, 0.1) is 23.7 Å². The van der Waals surface area contributed by atoms with Crippen LogP contribution in [-0.4, -0.2) is 18.5 Å². The predicted molar refractivity (Wildman–Crippen MR) is 80.2 cm³/mol. The van der Waals surface area contributed by atoms with Crippen molar-refractivity contribution in [3.8, 4) is 6.07 Å². The molecule has 1 amide bonds. The van der Waals surface area contributed by atoms with E-state index in [-0.39, 0.29) is 11.9 Å². The number of ether oxygens (including phenoxy) is 1. The minimum absolute atomic E-state index is 0.265. The van der Waals surface area contributed by atoms with E-state index in [1.807, 2.05) is 0 Å². The Labute approximate surface area is 127 Å². The van der Waals surface area contributed by atoms with Gasteiger partial charge in [-0.1, -0.05) is 12.8 Å². The van der Waals surface area contributed by atoms with Crippen LogP contribution in [0.2, 0.25) is 0 Å². The van der Waals surface area contributed by atoms with E-state index in [1.54, 1.807) is 19.9 Å². The highest BCUT2D eigenvalue weighted by Gasteiger charge is 2.41. The first-order chi connectivity index (χ1) is 10.0. The molecule has 0 saturated heterocycles. The summed E-state index contributed by atoms with van der Waals surface area (Å²) in [4.78, 5) is 24.6. The van der Waals surface area contributed by atoms with Crippen molar-refractivity contribution in [1.82, 2.24) is 0 Å². The zero-order valence-corrected chi connectivity index (χ0v) is 13.0. The summed E-state index contributed by atoms with van der Waals surface area (Å²) >= 11 is 1.19. The molecule has 0 aromatic carbocycles. The number of hydrogen-bond donors (Lipinski definition) is 1. The third kappa shape index (κ3) is 3.08. The molecule has 2 rings (SSSR count). The van der Waals surface area contributed by atoms with Crippen LogP contribution >= 0.6 is 11.3 Å². The number of esters is 1. The topological polar surface area (TPSA) is 79.2 Å². The molecule has 1 heterocycles. The SMILES string of the molecule is CCOC(=O)c1sc(NC(=O)C2(C#N)CCCC2)cc1C. The number of nitrogens with one attached hydrogen (secondary N) is 1. The largest absolute Gasteiger partial charge is 0.462 e. The Balaban J connectivity index is 2.14. The fourth-order valence-corrected chi connectivity index (χ4v) is 3.50. The van der Waals surface area contributed by atoms with Gasteiger partial charge in [0.1, 0.15) is 10.3 Å². The number of anilines is 1. The Morgan fingerprint density at radius 3 is 2.71 bits per heavy atom. The molecule has 1 aliphatic carbocycles. The van der Waals surface area contributed by atoms with Crippen molar-refractivity contribution >= 4 is 28.2 Å². The second kappa shape index (κ2) is 6.27. The molecule has 1 aromatic rings. The van der Waals surface area contributed by atoms with Crippen molar-refractivity contribution in [2.24, 2.45) is 5.41 Å². The highest BCUT2D eigenvalue weighted by molar-refractivity contribution is 7.18. The summed E-state index contributed by atoms with van der Waals surface area (Å²) in [5, 5.41) is 12.7. The summed E-state index contributed by atoms with van der Waals surface area (Å²) in [6.45, 7) is 3.86. The van der Waals surface area contributed by atoms with Crippen molar-refractivity contribution in [2.75, 3.05) is 11.9 Å². The molecule has 0 unspecified atom stereocenters. The Bertz CT molecular complexity index is 595.